The lowest BCUT2D eigenvalue weighted by molar-refractivity contribution is -0.125. The highest BCUT2D eigenvalue weighted by Crippen LogP contribution is 2.17. The van der Waals surface area contributed by atoms with Gasteiger partial charge in [0.05, 0.1) is 11.6 Å². The average Bonchev–Trinajstić information content (AvgIpc) is 2.59. The van der Waals surface area contributed by atoms with Crippen molar-refractivity contribution >= 4 is 23.5 Å². The minimum Gasteiger partial charge on any atom is -0.452 e. The van der Waals surface area contributed by atoms with Crippen LogP contribution in [0.15, 0.2) is 48.5 Å². The number of nitrogens with one attached hydrogen (secondary N) is 1. The normalized spacial score (nSPS) is 11.6. The maximum Gasteiger partial charge on any atom is 0.338 e. The molecule has 0 saturated heterocycles. The molecule has 0 spiro atoms. The number of hydrogen-bond donors (Lipinski definition) is 1. The molecule has 0 heterocycles. The number of carbonyl (C=O) groups excluding carboxylic acids is 2. The summed E-state index contributed by atoms with van der Waals surface area (Å²) in [5.74, 6) is -0.880. The fourth-order valence-corrected chi connectivity index (χ4v) is 2.38. The Balaban J connectivity index is 1.88. The van der Waals surface area contributed by atoms with Gasteiger partial charge in [-0.15, -0.1) is 0 Å². The van der Waals surface area contributed by atoms with Crippen molar-refractivity contribution in [2.24, 2.45) is 0 Å². The molecular formula is C19H20ClNO3. The molecule has 0 aliphatic heterocycles. The van der Waals surface area contributed by atoms with Crippen LogP contribution in [0.1, 0.15) is 40.9 Å². The predicted molar refractivity (Wildman–Crippen MR) is 94.1 cm³/mol. The van der Waals surface area contributed by atoms with Gasteiger partial charge in [-0.2, -0.15) is 0 Å². The van der Waals surface area contributed by atoms with E-state index < -0.39 is 5.97 Å². The van der Waals surface area contributed by atoms with Gasteiger partial charge in [0.2, 0.25) is 0 Å². The van der Waals surface area contributed by atoms with Gasteiger partial charge in [-0.3, -0.25) is 4.79 Å². The van der Waals surface area contributed by atoms with Crippen molar-refractivity contribution in [3.8, 4) is 0 Å². The van der Waals surface area contributed by atoms with Gasteiger partial charge in [0.25, 0.3) is 5.91 Å². The molecule has 1 atom stereocenters. The highest BCUT2D eigenvalue weighted by Gasteiger charge is 2.15. The largest absolute Gasteiger partial charge is 0.452 e. The molecule has 1 amide bonds. The van der Waals surface area contributed by atoms with Crippen molar-refractivity contribution in [2.45, 2.75) is 26.3 Å². The Morgan fingerprint density at radius 3 is 2.29 bits per heavy atom. The lowest BCUT2D eigenvalue weighted by atomic mass is 10.0. The first-order valence-electron chi connectivity index (χ1n) is 7.78. The quantitative estimate of drug-likeness (QED) is 0.803. The zero-order chi connectivity index (χ0) is 17.5. The van der Waals surface area contributed by atoms with Gasteiger partial charge in [-0.25, -0.2) is 4.79 Å². The molecule has 0 aliphatic rings. The molecule has 0 bridgehead atoms. The number of hydrogen-bond acceptors (Lipinski definition) is 3. The summed E-state index contributed by atoms with van der Waals surface area (Å²) < 4.78 is 5.04. The summed E-state index contributed by atoms with van der Waals surface area (Å²) in [5, 5.41) is 3.42. The summed E-state index contributed by atoms with van der Waals surface area (Å²) in [6.45, 7) is 3.69. The third kappa shape index (κ3) is 5.10. The first kappa shape index (κ1) is 18.0. The average molecular weight is 346 g/mol. The van der Waals surface area contributed by atoms with E-state index in [0.717, 1.165) is 17.5 Å². The van der Waals surface area contributed by atoms with Crippen LogP contribution in [0, 0.1) is 6.92 Å². The molecule has 0 aromatic heterocycles. The number of halogens is 1. The molecular weight excluding hydrogens is 326 g/mol. The number of ether oxygens (including phenoxy) is 1. The van der Waals surface area contributed by atoms with E-state index in [1.165, 1.54) is 0 Å². The maximum atomic E-state index is 12.0. The van der Waals surface area contributed by atoms with E-state index in [4.69, 9.17) is 16.3 Å². The molecule has 1 N–H and O–H groups in total. The summed E-state index contributed by atoms with van der Waals surface area (Å²) in [6.07, 6.45) is 0.750. The Bertz CT molecular complexity index is 696. The lowest BCUT2D eigenvalue weighted by Crippen LogP contribution is -2.32. The molecule has 24 heavy (non-hydrogen) atoms. The molecule has 0 saturated carbocycles. The number of carbonyl (C=O) groups is 2. The molecule has 0 aliphatic carbocycles. The van der Waals surface area contributed by atoms with Crippen molar-refractivity contribution in [1.82, 2.24) is 5.32 Å². The highest BCUT2D eigenvalue weighted by atomic mass is 35.5. The topological polar surface area (TPSA) is 55.4 Å². The van der Waals surface area contributed by atoms with Gasteiger partial charge in [0.1, 0.15) is 0 Å². The maximum absolute atomic E-state index is 12.0. The van der Waals surface area contributed by atoms with Crippen LogP contribution in [0.4, 0.5) is 0 Å². The fraction of sp³-hybridized carbons (Fsp3) is 0.263. The van der Waals surface area contributed by atoms with Crippen LogP contribution in [0.25, 0.3) is 0 Å². The van der Waals surface area contributed by atoms with Gasteiger partial charge in [-0.1, -0.05) is 48.4 Å². The number of rotatable bonds is 6. The van der Waals surface area contributed by atoms with Crippen LogP contribution in [0.5, 0.6) is 0 Å². The predicted octanol–water partition coefficient (Wildman–Crippen LogP) is 4.07. The Labute approximate surface area is 146 Å². The molecule has 126 valence electrons. The van der Waals surface area contributed by atoms with Crippen molar-refractivity contribution in [3.63, 3.8) is 0 Å². The van der Waals surface area contributed by atoms with E-state index >= 15 is 0 Å². The van der Waals surface area contributed by atoms with Crippen LogP contribution >= 0.6 is 11.6 Å². The molecule has 2 rings (SSSR count). The van der Waals surface area contributed by atoms with E-state index in [1.54, 1.807) is 24.3 Å². The minimum absolute atomic E-state index is 0.104. The molecule has 4 nitrogen and oxygen atoms in total. The van der Waals surface area contributed by atoms with Gasteiger partial charge in [0, 0.05) is 5.02 Å². The molecule has 0 radical (unpaired) electrons. The summed E-state index contributed by atoms with van der Waals surface area (Å²) in [4.78, 5) is 23.9. The smallest absolute Gasteiger partial charge is 0.338 e. The van der Waals surface area contributed by atoms with Crippen molar-refractivity contribution in [3.05, 3.63) is 70.2 Å². The first-order valence-corrected chi connectivity index (χ1v) is 8.16. The second kappa shape index (κ2) is 8.50. The molecule has 0 fully saturated rings. The van der Waals surface area contributed by atoms with E-state index in [1.807, 2.05) is 38.1 Å². The van der Waals surface area contributed by atoms with Gasteiger partial charge >= 0.3 is 5.97 Å². The van der Waals surface area contributed by atoms with Gasteiger partial charge < -0.3 is 10.1 Å². The molecule has 2 aromatic carbocycles. The fourth-order valence-electron chi connectivity index (χ4n) is 2.26. The zero-order valence-corrected chi connectivity index (χ0v) is 14.5. The van der Waals surface area contributed by atoms with E-state index in [2.05, 4.69) is 5.32 Å². The Kier molecular flexibility index (Phi) is 6.38. The number of benzene rings is 2. The third-order valence-corrected chi connectivity index (χ3v) is 3.89. The molecule has 2 aromatic rings. The van der Waals surface area contributed by atoms with Gasteiger partial charge in [-0.05, 0) is 43.2 Å². The SMILES string of the molecule is CC[C@@H](NC(=O)COC(=O)c1ccc(Cl)cc1)c1ccc(C)cc1. The Morgan fingerprint density at radius 1 is 1.08 bits per heavy atom. The number of amides is 1. The molecule has 0 unspecified atom stereocenters. The van der Waals surface area contributed by atoms with Crippen molar-refractivity contribution in [2.75, 3.05) is 6.61 Å². The molecule has 5 heteroatoms. The zero-order valence-electron chi connectivity index (χ0n) is 13.7. The monoisotopic (exact) mass is 345 g/mol. The van der Waals surface area contributed by atoms with Crippen LogP contribution in [0.3, 0.4) is 0 Å². The Hall–Kier alpha value is -2.33. The van der Waals surface area contributed by atoms with Crippen LogP contribution in [-0.4, -0.2) is 18.5 Å². The third-order valence-electron chi connectivity index (χ3n) is 3.64. The Morgan fingerprint density at radius 2 is 1.71 bits per heavy atom. The minimum atomic E-state index is -0.551. The van der Waals surface area contributed by atoms with Crippen LogP contribution in [0.2, 0.25) is 5.02 Å². The van der Waals surface area contributed by atoms with Crippen LogP contribution < -0.4 is 5.32 Å². The summed E-state index contributed by atoms with van der Waals surface area (Å²) in [7, 11) is 0. The highest BCUT2D eigenvalue weighted by molar-refractivity contribution is 6.30. The standard InChI is InChI=1S/C19H20ClNO3/c1-3-17(14-6-4-13(2)5-7-14)21-18(22)12-24-19(23)15-8-10-16(20)11-9-15/h4-11,17H,3,12H2,1-2H3,(H,21,22)/t17-/m1/s1. The van der Waals surface area contributed by atoms with E-state index in [9.17, 15) is 9.59 Å². The van der Waals surface area contributed by atoms with E-state index in [0.29, 0.717) is 10.6 Å². The van der Waals surface area contributed by atoms with Crippen molar-refractivity contribution in [1.29, 1.82) is 0 Å². The van der Waals surface area contributed by atoms with E-state index in [-0.39, 0.29) is 18.6 Å². The summed E-state index contributed by atoms with van der Waals surface area (Å²) >= 11 is 5.77. The number of aryl methyl sites for hydroxylation is 1. The van der Waals surface area contributed by atoms with Crippen LogP contribution in [-0.2, 0) is 9.53 Å². The number of esters is 1. The second-order valence-electron chi connectivity index (χ2n) is 5.52. The van der Waals surface area contributed by atoms with Gasteiger partial charge in [0.15, 0.2) is 6.61 Å². The first-order chi connectivity index (χ1) is 11.5. The summed E-state index contributed by atoms with van der Waals surface area (Å²) in [5.41, 5.74) is 2.55. The van der Waals surface area contributed by atoms with Crippen molar-refractivity contribution < 1.29 is 14.3 Å². The second-order valence-corrected chi connectivity index (χ2v) is 5.96. The lowest BCUT2D eigenvalue weighted by Gasteiger charge is -2.17. The summed E-state index contributed by atoms with van der Waals surface area (Å²) in [6, 6.07) is 14.2.